The zero-order valence-corrected chi connectivity index (χ0v) is 15.0. The lowest BCUT2D eigenvalue weighted by Gasteiger charge is -2.57. The normalized spacial score (nSPS) is 49.5. The van der Waals surface area contributed by atoms with Crippen LogP contribution in [0.1, 0.15) is 86.0 Å². The molecular formula is C21H36. The molecule has 0 aromatic rings. The van der Waals surface area contributed by atoms with Crippen LogP contribution in [0.2, 0.25) is 0 Å². The van der Waals surface area contributed by atoms with E-state index in [9.17, 15) is 0 Å². The zero-order valence-electron chi connectivity index (χ0n) is 15.0. The molecule has 0 heteroatoms. The van der Waals surface area contributed by atoms with Crippen LogP contribution >= 0.6 is 0 Å². The quantitative estimate of drug-likeness (QED) is 0.512. The molecular weight excluding hydrogens is 252 g/mol. The molecule has 0 aromatic carbocycles. The second-order valence-electron chi connectivity index (χ2n) is 8.57. The fourth-order valence-corrected chi connectivity index (χ4v) is 7.05. The summed E-state index contributed by atoms with van der Waals surface area (Å²) in [7, 11) is 0. The van der Waals surface area contributed by atoms with Gasteiger partial charge in [-0.1, -0.05) is 46.3 Å². The van der Waals surface area contributed by atoms with Gasteiger partial charge in [-0.2, -0.15) is 0 Å². The Bertz CT molecular complexity index is 420. The molecule has 0 N–H and O–H groups in total. The maximum absolute atomic E-state index is 2.67. The fourth-order valence-electron chi connectivity index (χ4n) is 7.05. The zero-order chi connectivity index (χ0) is 15.3. The van der Waals surface area contributed by atoms with Crippen molar-refractivity contribution in [3.05, 3.63) is 11.6 Å². The van der Waals surface area contributed by atoms with Crippen LogP contribution in [0.3, 0.4) is 0 Å². The molecule has 21 heavy (non-hydrogen) atoms. The first-order valence-electron chi connectivity index (χ1n) is 9.73. The first kappa shape index (κ1) is 15.6. The highest BCUT2D eigenvalue weighted by molar-refractivity contribution is 5.22. The maximum atomic E-state index is 2.67. The Morgan fingerprint density at radius 1 is 1.05 bits per heavy atom. The first-order valence-corrected chi connectivity index (χ1v) is 9.73. The lowest BCUT2D eigenvalue weighted by atomic mass is 9.48. The molecule has 0 aliphatic heterocycles. The van der Waals surface area contributed by atoms with Crippen molar-refractivity contribution in [3.63, 3.8) is 0 Å². The van der Waals surface area contributed by atoms with Crippen LogP contribution in [0.4, 0.5) is 0 Å². The van der Waals surface area contributed by atoms with Crippen LogP contribution in [-0.2, 0) is 0 Å². The van der Waals surface area contributed by atoms with E-state index in [1.165, 1.54) is 51.4 Å². The summed E-state index contributed by atoms with van der Waals surface area (Å²) in [6.07, 6.45) is 14.1. The summed E-state index contributed by atoms with van der Waals surface area (Å²) in [6, 6.07) is 0. The van der Waals surface area contributed by atoms with E-state index in [1.807, 2.05) is 0 Å². The molecule has 3 aliphatic rings. The van der Waals surface area contributed by atoms with Gasteiger partial charge >= 0.3 is 0 Å². The number of fused-ring (bicyclic) bond motifs is 3. The molecule has 2 fully saturated rings. The lowest BCUT2D eigenvalue weighted by molar-refractivity contribution is -0.0451. The minimum absolute atomic E-state index is 0.503. The minimum Gasteiger partial charge on any atom is -0.0845 e. The van der Waals surface area contributed by atoms with Gasteiger partial charge in [-0.15, -0.1) is 0 Å². The summed E-state index contributed by atoms with van der Waals surface area (Å²) in [5.41, 5.74) is 2.98. The molecule has 4 unspecified atom stereocenters. The van der Waals surface area contributed by atoms with Crippen molar-refractivity contribution < 1.29 is 0 Å². The Morgan fingerprint density at radius 3 is 2.43 bits per heavy atom. The van der Waals surface area contributed by atoms with Gasteiger partial charge in [0.2, 0.25) is 0 Å². The molecule has 0 bridgehead atoms. The SMILES string of the molecule is CCC1=CCC2C3CCC(C)[C@@]3(CC)CCC2[C@@]1(C)CC. The second kappa shape index (κ2) is 5.43. The van der Waals surface area contributed by atoms with Crippen LogP contribution in [0.5, 0.6) is 0 Å². The highest BCUT2D eigenvalue weighted by atomic mass is 14.6. The summed E-state index contributed by atoms with van der Waals surface area (Å²) in [5, 5.41) is 0. The third kappa shape index (κ3) is 2.00. The number of hydrogen-bond donors (Lipinski definition) is 0. The molecule has 0 nitrogen and oxygen atoms in total. The van der Waals surface area contributed by atoms with Crippen LogP contribution < -0.4 is 0 Å². The van der Waals surface area contributed by atoms with Crippen molar-refractivity contribution in [3.8, 4) is 0 Å². The van der Waals surface area contributed by atoms with E-state index >= 15 is 0 Å². The van der Waals surface area contributed by atoms with E-state index in [2.05, 4.69) is 40.7 Å². The molecule has 0 saturated heterocycles. The van der Waals surface area contributed by atoms with E-state index in [0.29, 0.717) is 10.8 Å². The molecule has 0 spiro atoms. The van der Waals surface area contributed by atoms with Crippen molar-refractivity contribution in [2.24, 2.45) is 34.5 Å². The lowest BCUT2D eigenvalue weighted by Crippen LogP contribution is -2.49. The monoisotopic (exact) mass is 288 g/mol. The Hall–Kier alpha value is -0.260. The molecule has 0 radical (unpaired) electrons. The van der Waals surface area contributed by atoms with Gasteiger partial charge < -0.3 is 0 Å². The second-order valence-corrected chi connectivity index (χ2v) is 8.57. The standard InChI is InChI=1S/C21H36/c1-6-16-10-11-17-18(20(16,5)7-2)13-14-21(8-3)15(4)9-12-19(17)21/h10,15,17-19H,6-9,11-14H2,1-5H3/t15?,17?,18?,19?,20-,21+/m0/s1. The van der Waals surface area contributed by atoms with E-state index in [4.69, 9.17) is 0 Å². The Morgan fingerprint density at radius 2 is 1.81 bits per heavy atom. The highest BCUT2D eigenvalue weighted by Gasteiger charge is 2.57. The Labute approximate surface area is 132 Å². The highest BCUT2D eigenvalue weighted by Crippen LogP contribution is 2.66. The van der Waals surface area contributed by atoms with Crippen LogP contribution in [0.15, 0.2) is 11.6 Å². The van der Waals surface area contributed by atoms with Crippen molar-refractivity contribution in [2.45, 2.75) is 86.0 Å². The summed E-state index contributed by atoms with van der Waals surface area (Å²) in [4.78, 5) is 0. The molecule has 3 rings (SSSR count). The molecule has 0 heterocycles. The Kier molecular flexibility index (Phi) is 4.04. The van der Waals surface area contributed by atoms with E-state index in [1.54, 1.807) is 5.57 Å². The van der Waals surface area contributed by atoms with Gasteiger partial charge in [-0.25, -0.2) is 0 Å². The first-order chi connectivity index (χ1) is 10.0. The van der Waals surface area contributed by atoms with Crippen molar-refractivity contribution in [2.75, 3.05) is 0 Å². The van der Waals surface area contributed by atoms with E-state index < -0.39 is 0 Å². The van der Waals surface area contributed by atoms with E-state index in [0.717, 1.165) is 23.7 Å². The summed E-state index contributed by atoms with van der Waals surface area (Å²) >= 11 is 0. The topological polar surface area (TPSA) is 0 Å². The van der Waals surface area contributed by atoms with Gasteiger partial charge in [0.05, 0.1) is 0 Å². The molecule has 2 saturated carbocycles. The molecule has 0 aromatic heterocycles. The largest absolute Gasteiger partial charge is 0.0845 e. The van der Waals surface area contributed by atoms with Gasteiger partial charge in [0, 0.05) is 0 Å². The molecule has 0 amide bonds. The fraction of sp³-hybridized carbons (Fsp3) is 0.905. The van der Waals surface area contributed by atoms with Crippen LogP contribution in [-0.4, -0.2) is 0 Å². The predicted octanol–water partition coefficient (Wildman–Crippen LogP) is 6.61. The number of allylic oxidation sites excluding steroid dienone is 2. The molecule has 3 aliphatic carbocycles. The summed E-state index contributed by atoms with van der Waals surface area (Å²) in [5.74, 6) is 3.95. The Balaban J connectivity index is 1.96. The van der Waals surface area contributed by atoms with Gasteiger partial charge in [0.1, 0.15) is 0 Å². The molecule has 6 atom stereocenters. The van der Waals surface area contributed by atoms with Crippen molar-refractivity contribution in [1.29, 1.82) is 0 Å². The maximum Gasteiger partial charge on any atom is -0.00880 e. The smallest absolute Gasteiger partial charge is 0.00880 e. The van der Waals surface area contributed by atoms with E-state index in [-0.39, 0.29) is 0 Å². The van der Waals surface area contributed by atoms with Crippen molar-refractivity contribution >= 4 is 0 Å². The molecule has 120 valence electrons. The average Bonchev–Trinajstić information content (AvgIpc) is 2.85. The number of hydrogen-bond acceptors (Lipinski definition) is 0. The average molecular weight is 289 g/mol. The van der Waals surface area contributed by atoms with Crippen LogP contribution in [0, 0.1) is 34.5 Å². The third-order valence-corrected chi connectivity index (χ3v) is 8.55. The third-order valence-electron chi connectivity index (χ3n) is 8.55. The van der Waals surface area contributed by atoms with Gasteiger partial charge in [0.25, 0.3) is 0 Å². The van der Waals surface area contributed by atoms with Crippen molar-refractivity contribution in [1.82, 2.24) is 0 Å². The van der Waals surface area contributed by atoms with Gasteiger partial charge in [-0.3, -0.25) is 0 Å². The summed E-state index contributed by atoms with van der Waals surface area (Å²) in [6.45, 7) is 12.4. The van der Waals surface area contributed by atoms with Gasteiger partial charge in [0.15, 0.2) is 0 Å². The van der Waals surface area contributed by atoms with Gasteiger partial charge in [-0.05, 0) is 85.9 Å². The summed E-state index contributed by atoms with van der Waals surface area (Å²) < 4.78 is 0. The predicted molar refractivity (Wildman–Crippen MR) is 92.2 cm³/mol. The van der Waals surface area contributed by atoms with Crippen LogP contribution in [0.25, 0.3) is 0 Å². The number of rotatable bonds is 3. The minimum atomic E-state index is 0.503.